The summed E-state index contributed by atoms with van der Waals surface area (Å²) in [5.41, 5.74) is 0.541. The summed E-state index contributed by atoms with van der Waals surface area (Å²) in [5, 5.41) is 15.2. The number of hydrogen-bond acceptors (Lipinski definition) is 8. The highest BCUT2D eigenvalue weighted by molar-refractivity contribution is 9.10. The van der Waals surface area contributed by atoms with Crippen LogP contribution < -0.4 is 15.4 Å². The summed E-state index contributed by atoms with van der Waals surface area (Å²) in [4.78, 5) is 10.6. The largest absolute Gasteiger partial charge is 0.394 e. The fourth-order valence-electron chi connectivity index (χ4n) is 2.16. The molecule has 0 unspecified atom stereocenters. The van der Waals surface area contributed by atoms with Crippen LogP contribution in [0, 0.1) is 0 Å². The Balaban J connectivity index is 0.00000420. The van der Waals surface area contributed by atoms with Crippen LogP contribution in [0.5, 0.6) is 0 Å². The molecule has 0 aliphatic carbocycles. The van der Waals surface area contributed by atoms with Crippen molar-refractivity contribution in [3.05, 3.63) is 34.9 Å². The Kier molecular flexibility index (Phi) is 8.13. The summed E-state index contributed by atoms with van der Waals surface area (Å²) in [6.07, 6.45) is 1.57. The number of halogens is 1. The van der Waals surface area contributed by atoms with Gasteiger partial charge in [-0.25, -0.2) is 18.1 Å². The Bertz CT molecular complexity index is 900. The van der Waals surface area contributed by atoms with Gasteiger partial charge in [-0.05, 0) is 55.1 Å². The van der Waals surface area contributed by atoms with Gasteiger partial charge in [-0.1, -0.05) is 6.07 Å². The summed E-state index contributed by atoms with van der Waals surface area (Å²) >= 11 is 3.36. The van der Waals surface area contributed by atoms with E-state index in [9.17, 15) is 13.5 Å². The lowest BCUT2D eigenvalue weighted by Gasteiger charge is -2.14. The topological polar surface area (TPSA) is 119 Å². The fourth-order valence-corrected chi connectivity index (χ4v) is 3.54. The minimum atomic E-state index is -3.61. The molecule has 1 heterocycles. The number of nitrogens with zero attached hydrogens (tertiary/aromatic N) is 3. The first-order valence-corrected chi connectivity index (χ1v) is 10.9. The number of nitrogens with one attached hydrogen (secondary N) is 3. The van der Waals surface area contributed by atoms with Crippen LogP contribution in [0.15, 0.2) is 39.8 Å². The van der Waals surface area contributed by atoms with Crippen molar-refractivity contribution in [1.29, 1.82) is 0 Å². The van der Waals surface area contributed by atoms with Crippen molar-refractivity contribution in [2.75, 3.05) is 44.4 Å². The van der Waals surface area contributed by atoms with Crippen molar-refractivity contribution < 1.29 is 15.0 Å². The smallest absolute Gasteiger partial charge is 0.240 e. The fraction of sp³-hybridized carbons (Fsp3) is 0.412. The van der Waals surface area contributed by atoms with Crippen molar-refractivity contribution >= 4 is 43.4 Å². The van der Waals surface area contributed by atoms with Crippen LogP contribution in [-0.2, 0) is 10.0 Å². The highest BCUT2D eigenvalue weighted by atomic mass is 79.9. The van der Waals surface area contributed by atoms with Crippen LogP contribution in [0.2, 0.25) is 0 Å². The molecular formula is C17H27BrN6O3S. The zero-order valence-electron chi connectivity index (χ0n) is 16.0. The van der Waals surface area contributed by atoms with E-state index >= 15 is 0 Å². The summed E-state index contributed by atoms with van der Waals surface area (Å²) in [6.45, 7) is 2.70. The number of aromatic nitrogens is 2. The van der Waals surface area contributed by atoms with Crippen molar-refractivity contribution in [1.82, 2.24) is 19.6 Å². The molecule has 4 N–H and O–H groups in total. The Morgan fingerprint density at radius 3 is 2.79 bits per heavy atom. The van der Waals surface area contributed by atoms with Crippen molar-refractivity contribution in [2.24, 2.45) is 0 Å². The molecule has 2 aromatic rings. The molecule has 0 bridgehead atoms. The van der Waals surface area contributed by atoms with E-state index in [1.165, 1.54) is 12.1 Å². The van der Waals surface area contributed by atoms with E-state index < -0.39 is 10.0 Å². The molecule has 28 heavy (non-hydrogen) atoms. The molecule has 0 aliphatic heterocycles. The molecule has 156 valence electrons. The first-order chi connectivity index (χ1) is 13.2. The molecule has 9 nitrogen and oxygen atoms in total. The zero-order valence-corrected chi connectivity index (χ0v) is 18.4. The van der Waals surface area contributed by atoms with Gasteiger partial charge < -0.3 is 20.6 Å². The first-order valence-electron chi connectivity index (χ1n) is 8.62. The van der Waals surface area contributed by atoms with E-state index in [1.54, 1.807) is 18.3 Å². The Morgan fingerprint density at radius 1 is 1.36 bits per heavy atom. The second kappa shape index (κ2) is 10.1. The maximum atomic E-state index is 12.4. The molecule has 1 aromatic heterocycles. The number of aliphatic hydroxyl groups is 1. The molecule has 2 rings (SSSR count). The molecule has 0 saturated heterocycles. The molecule has 0 radical (unpaired) electrons. The van der Waals surface area contributed by atoms with E-state index in [2.05, 4.69) is 41.3 Å². The van der Waals surface area contributed by atoms with E-state index in [0.29, 0.717) is 35.0 Å². The minimum Gasteiger partial charge on any atom is -0.394 e. The Labute approximate surface area is 175 Å². The van der Waals surface area contributed by atoms with Crippen LogP contribution in [0.1, 0.15) is 8.35 Å². The lowest BCUT2D eigenvalue weighted by atomic mass is 10.3. The minimum absolute atomic E-state index is 0. The SMILES string of the molecule is C[C@H](CO)Nc1nc(Nc2cccc(S(=O)(=O)NCCN(C)C)c2)ncc1Br.[HH]. The van der Waals surface area contributed by atoms with E-state index in [0.717, 1.165) is 0 Å². The molecule has 1 aromatic carbocycles. The highest BCUT2D eigenvalue weighted by Crippen LogP contribution is 2.23. The lowest BCUT2D eigenvalue weighted by molar-refractivity contribution is 0.281. The van der Waals surface area contributed by atoms with Crippen LogP contribution in [-0.4, -0.2) is 68.2 Å². The number of hydrogen-bond donors (Lipinski definition) is 4. The molecule has 11 heteroatoms. The molecular weight excluding hydrogens is 448 g/mol. The van der Waals surface area contributed by atoms with Crippen LogP contribution in [0.3, 0.4) is 0 Å². The van der Waals surface area contributed by atoms with E-state index in [4.69, 9.17) is 0 Å². The predicted octanol–water partition coefficient (Wildman–Crippen LogP) is 1.86. The van der Waals surface area contributed by atoms with Crippen molar-refractivity contribution in [2.45, 2.75) is 17.9 Å². The van der Waals surface area contributed by atoms with Gasteiger partial charge in [0.05, 0.1) is 16.0 Å². The van der Waals surface area contributed by atoms with Crippen LogP contribution in [0.25, 0.3) is 0 Å². The summed E-state index contributed by atoms with van der Waals surface area (Å²) in [5.74, 6) is 0.819. The highest BCUT2D eigenvalue weighted by Gasteiger charge is 2.14. The number of aliphatic hydroxyl groups excluding tert-OH is 1. The van der Waals surface area contributed by atoms with Gasteiger partial charge in [0.2, 0.25) is 16.0 Å². The van der Waals surface area contributed by atoms with E-state index in [1.807, 2.05) is 25.9 Å². The van der Waals surface area contributed by atoms with Gasteiger partial charge in [0.15, 0.2) is 0 Å². The molecule has 0 spiro atoms. The summed E-state index contributed by atoms with van der Waals surface area (Å²) in [7, 11) is 0.143. The first kappa shape index (κ1) is 22.5. The number of anilines is 3. The number of likely N-dealkylation sites (N-methyl/N-ethyl adjacent to an activating group) is 1. The standard InChI is InChI=1S/C17H25BrN6O3S.H2/c1-12(11-25)21-16-15(18)10-19-17(23-16)22-13-5-4-6-14(9-13)28(26,27)20-7-8-24(2)3;/h4-6,9-10,12,20,25H,7-8,11H2,1-3H3,(H2,19,21,22,23);1H/t12-;/m1./s1. The number of rotatable bonds is 10. The molecule has 0 fully saturated rings. The molecule has 1 atom stereocenters. The number of sulfonamides is 1. The average molecular weight is 475 g/mol. The zero-order chi connectivity index (χ0) is 20.7. The van der Waals surface area contributed by atoms with Gasteiger partial charge >= 0.3 is 0 Å². The van der Waals surface area contributed by atoms with Gasteiger partial charge in [0, 0.05) is 32.4 Å². The second-order valence-corrected chi connectivity index (χ2v) is 9.09. The van der Waals surface area contributed by atoms with Crippen LogP contribution >= 0.6 is 15.9 Å². The van der Waals surface area contributed by atoms with Crippen molar-refractivity contribution in [3.63, 3.8) is 0 Å². The third kappa shape index (κ3) is 6.67. The van der Waals surface area contributed by atoms with E-state index in [-0.39, 0.29) is 19.0 Å². The predicted molar refractivity (Wildman–Crippen MR) is 115 cm³/mol. The maximum Gasteiger partial charge on any atom is 0.240 e. The van der Waals surface area contributed by atoms with Crippen LogP contribution in [0.4, 0.5) is 17.5 Å². The summed E-state index contributed by atoms with van der Waals surface area (Å²) < 4.78 is 28.1. The normalized spacial score (nSPS) is 12.8. The van der Waals surface area contributed by atoms with Gasteiger partial charge in [-0.3, -0.25) is 0 Å². The third-order valence-electron chi connectivity index (χ3n) is 3.65. The quantitative estimate of drug-likeness (QED) is 0.411. The number of benzene rings is 1. The second-order valence-electron chi connectivity index (χ2n) is 6.47. The van der Waals surface area contributed by atoms with Gasteiger partial charge in [-0.2, -0.15) is 4.98 Å². The monoisotopic (exact) mass is 474 g/mol. The van der Waals surface area contributed by atoms with Gasteiger partial charge in [0.25, 0.3) is 0 Å². The molecule has 0 amide bonds. The average Bonchev–Trinajstić information content (AvgIpc) is 2.64. The maximum absolute atomic E-state index is 12.4. The Morgan fingerprint density at radius 2 is 2.11 bits per heavy atom. The Hall–Kier alpha value is -1.79. The molecule has 0 aliphatic rings. The molecule has 0 saturated carbocycles. The van der Waals surface area contributed by atoms with Gasteiger partial charge in [0.1, 0.15) is 5.82 Å². The van der Waals surface area contributed by atoms with Gasteiger partial charge in [-0.15, -0.1) is 0 Å². The lowest BCUT2D eigenvalue weighted by Crippen LogP contribution is -2.31. The van der Waals surface area contributed by atoms with Crippen molar-refractivity contribution in [3.8, 4) is 0 Å². The summed E-state index contributed by atoms with van der Waals surface area (Å²) in [6, 6.07) is 6.25. The third-order valence-corrected chi connectivity index (χ3v) is 5.69.